The molecule has 3 aromatic rings. The van der Waals surface area contributed by atoms with Gasteiger partial charge in [0.2, 0.25) is 0 Å². The first-order chi connectivity index (χ1) is 17.0. The van der Waals surface area contributed by atoms with Gasteiger partial charge in [-0.3, -0.25) is 14.9 Å². The topological polar surface area (TPSA) is 115 Å². The Hall–Kier alpha value is -4.37. The molecular weight excluding hydrogens is 448 g/mol. The van der Waals surface area contributed by atoms with Crippen LogP contribution in [0.25, 0.3) is 11.3 Å². The molecule has 0 spiro atoms. The minimum Gasteiger partial charge on any atom is -0.486 e. The number of hydrogen-bond acceptors (Lipinski definition) is 7. The maximum atomic E-state index is 13.1. The van der Waals surface area contributed by atoms with Gasteiger partial charge >= 0.3 is 0 Å². The average molecular weight is 473 g/mol. The molecule has 0 atom stereocenters. The summed E-state index contributed by atoms with van der Waals surface area (Å²) in [6.07, 6.45) is 0. The van der Waals surface area contributed by atoms with Gasteiger partial charge in [0.15, 0.2) is 11.5 Å². The molecule has 2 heterocycles. The zero-order valence-corrected chi connectivity index (χ0v) is 19.1. The van der Waals surface area contributed by atoms with E-state index in [-0.39, 0.29) is 11.6 Å². The second-order valence-corrected chi connectivity index (χ2v) is 8.15. The number of ether oxygens (including phenoxy) is 2. The lowest BCUT2D eigenvalue weighted by atomic mass is 9.99. The maximum absolute atomic E-state index is 13.1. The Labute approximate surface area is 201 Å². The van der Waals surface area contributed by atoms with Gasteiger partial charge in [-0.05, 0) is 48.5 Å². The molecule has 178 valence electrons. The normalized spacial score (nSPS) is 15.3. The molecule has 0 fully saturated rings. The molecule has 2 aliphatic rings. The minimum absolute atomic E-state index is 0.0876. The molecule has 2 aliphatic heterocycles. The predicted molar refractivity (Wildman–Crippen MR) is 133 cm³/mol. The standard InChI is InChI=1S/C26H24N4O5/c1-2-27-15-16-3-6-18(7-4-16)28-25(17-5-10-22-23(13-17)35-12-11-34-22)24-20-9-8-19(30(32)33)14-21(20)29-26(24)31/h3-10,13-14,27-28H,2,11-12,15H2,1H3,(H,29,31). The number of nitrogens with zero attached hydrogens (tertiary/aromatic N) is 1. The quantitative estimate of drug-likeness (QED) is 0.265. The molecule has 0 saturated heterocycles. The van der Waals surface area contributed by atoms with Crippen LogP contribution in [0.4, 0.5) is 17.1 Å². The first-order valence-corrected chi connectivity index (χ1v) is 11.3. The fraction of sp³-hybridized carbons (Fsp3) is 0.192. The summed E-state index contributed by atoms with van der Waals surface area (Å²) >= 11 is 0. The highest BCUT2D eigenvalue weighted by Gasteiger charge is 2.30. The van der Waals surface area contributed by atoms with E-state index in [0.29, 0.717) is 47.2 Å². The van der Waals surface area contributed by atoms with Crippen LogP contribution in [-0.4, -0.2) is 30.6 Å². The number of fused-ring (bicyclic) bond motifs is 2. The molecule has 5 rings (SSSR count). The summed E-state index contributed by atoms with van der Waals surface area (Å²) in [6.45, 7) is 4.62. The number of carbonyl (C=O) groups excluding carboxylic acids is 1. The van der Waals surface area contributed by atoms with Crippen LogP contribution in [0, 0.1) is 10.1 Å². The molecule has 0 bridgehead atoms. The summed E-state index contributed by atoms with van der Waals surface area (Å²) in [5.41, 5.74) is 4.51. The Balaban J connectivity index is 1.60. The molecule has 0 aromatic heterocycles. The van der Waals surface area contributed by atoms with Crippen molar-refractivity contribution in [2.75, 3.05) is 30.4 Å². The molecule has 0 unspecified atom stereocenters. The Morgan fingerprint density at radius 1 is 1.03 bits per heavy atom. The van der Waals surface area contributed by atoms with E-state index in [1.54, 1.807) is 6.07 Å². The number of nitro benzene ring substituents is 1. The van der Waals surface area contributed by atoms with Crippen LogP contribution < -0.4 is 25.4 Å². The molecule has 35 heavy (non-hydrogen) atoms. The lowest BCUT2D eigenvalue weighted by Crippen LogP contribution is -2.16. The van der Waals surface area contributed by atoms with Crippen molar-refractivity contribution in [1.82, 2.24) is 5.32 Å². The van der Waals surface area contributed by atoms with Crippen LogP contribution in [-0.2, 0) is 11.3 Å². The number of non-ortho nitro benzene ring substituents is 1. The van der Waals surface area contributed by atoms with Gasteiger partial charge in [-0.25, -0.2) is 0 Å². The van der Waals surface area contributed by atoms with E-state index < -0.39 is 4.92 Å². The van der Waals surface area contributed by atoms with Crippen molar-refractivity contribution >= 4 is 34.2 Å². The van der Waals surface area contributed by atoms with Gasteiger partial charge < -0.3 is 25.4 Å². The van der Waals surface area contributed by atoms with Crippen LogP contribution in [0.2, 0.25) is 0 Å². The van der Waals surface area contributed by atoms with Crippen molar-refractivity contribution in [2.45, 2.75) is 13.5 Å². The van der Waals surface area contributed by atoms with E-state index in [2.05, 4.69) is 22.9 Å². The van der Waals surface area contributed by atoms with Crippen molar-refractivity contribution in [3.05, 3.63) is 87.5 Å². The number of hydrogen-bond donors (Lipinski definition) is 3. The highest BCUT2D eigenvalue weighted by Crippen LogP contribution is 2.41. The largest absolute Gasteiger partial charge is 0.486 e. The zero-order valence-electron chi connectivity index (χ0n) is 19.1. The van der Waals surface area contributed by atoms with Crippen molar-refractivity contribution in [3.63, 3.8) is 0 Å². The molecule has 0 radical (unpaired) electrons. The minimum atomic E-state index is -0.483. The number of rotatable bonds is 7. The summed E-state index contributed by atoms with van der Waals surface area (Å²) < 4.78 is 11.4. The van der Waals surface area contributed by atoms with E-state index in [9.17, 15) is 14.9 Å². The van der Waals surface area contributed by atoms with Gasteiger partial charge in [-0.15, -0.1) is 0 Å². The van der Waals surface area contributed by atoms with Gasteiger partial charge in [0.25, 0.3) is 11.6 Å². The van der Waals surface area contributed by atoms with E-state index in [1.807, 2.05) is 42.5 Å². The zero-order chi connectivity index (χ0) is 24.4. The van der Waals surface area contributed by atoms with E-state index in [0.717, 1.165) is 29.9 Å². The second kappa shape index (κ2) is 9.47. The van der Waals surface area contributed by atoms with Crippen LogP contribution in [0.3, 0.4) is 0 Å². The molecule has 0 aliphatic carbocycles. The van der Waals surface area contributed by atoms with Gasteiger partial charge in [0.1, 0.15) is 13.2 Å². The third-order valence-electron chi connectivity index (χ3n) is 5.84. The summed E-state index contributed by atoms with van der Waals surface area (Å²) in [5.74, 6) is 0.891. The number of nitro groups is 1. The molecule has 9 heteroatoms. The summed E-state index contributed by atoms with van der Waals surface area (Å²) in [4.78, 5) is 23.9. The first kappa shape index (κ1) is 22.4. The molecule has 9 nitrogen and oxygen atoms in total. The van der Waals surface area contributed by atoms with Crippen molar-refractivity contribution in [1.29, 1.82) is 0 Å². The monoisotopic (exact) mass is 472 g/mol. The maximum Gasteiger partial charge on any atom is 0.271 e. The van der Waals surface area contributed by atoms with Crippen molar-refractivity contribution in [3.8, 4) is 11.5 Å². The lowest BCUT2D eigenvalue weighted by molar-refractivity contribution is -0.384. The summed E-state index contributed by atoms with van der Waals surface area (Å²) in [5, 5.41) is 20.7. The lowest BCUT2D eigenvalue weighted by Gasteiger charge is -2.21. The van der Waals surface area contributed by atoms with Crippen LogP contribution in [0.1, 0.15) is 23.6 Å². The van der Waals surface area contributed by atoms with E-state index in [4.69, 9.17) is 9.47 Å². The Morgan fingerprint density at radius 3 is 2.54 bits per heavy atom. The van der Waals surface area contributed by atoms with Crippen molar-refractivity contribution in [2.24, 2.45) is 0 Å². The number of anilines is 2. The first-order valence-electron chi connectivity index (χ1n) is 11.3. The van der Waals surface area contributed by atoms with Gasteiger partial charge in [0.05, 0.1) is 21.9 Å². The van der Waals surface area contributed by atoms with Gasteiger partial charge in [-0.2, -0.15) is 0 Å². The summed E-state index contributed by atoms with van der Waals surface area (Å²) in [7, 11) is 0. The van der Waals surface area contributed by atoms with E-state index >= 15 is 0 Å². The Kier molecular flexibility index (Phi) is 6.07. The predicted octanol–water partition coefficient (Wildman–Crippen LogP) is 4.41. The smallest absolute Gasteiger partial charge is 0.271 e. The van der Waals surface area contributed by atoms with E-state index in [1.165, 1.54) is 12.1 Å². The van der Waals surface area contributed by atoms with Crippen LogP contribution in [0.5, 0.6) is 11.5 Å². The fourth-order valence-electron chi connectivity index (χ4n) is 4.12. The fourth-order valence-corrected chi connectivity index (χ4v) is 4.12. The van der Waals surface area contributed by atoms with Crippen LogP contribution >= 0.6 is 0 Å². The molecule has 0 saturated carbocycles. The highest BCUT2D eigenvalue weighted by atomic mass is 16.6. The molecular formula is C26H24N4O5. The van der Waals surface area contributed by atoms with Gasteiger partial charge in [0, 0.05) is 35.5 Å². The average Bonchev–Trinajstić information content (AvgIpc) is 3.21. The second-order valence-electron chi connectivity index (χ2n) is 8.15. The highest BCUT2D eigenvalue weighted by molar-refractivity contribution is 6.37. The van der Waals surface area contributed by atoms with Crippen molar-refractivity contribution < 1.29 is 19.2 Å². The van der Waals surface area contributed by atoms with Gasteiger partial charge in [-0.1, -0.05) is 19.1 Å². The Morgan fingerprint density at radius 2 is 1.80 bits per heavy atom. The molecule has 1 amide bonds. The third-order valence-corrected chi connectivity index (χ3v) is 5.84. The number of benzene rings is 3. The third kappa shape index (κ3) is 4.53. The number of amides is 1. The molecule has 3 aromatic carbocycles. The molecule has 3 N–H and O–H groups in total. The number of nitrogens with one attached hydrogen (secondary N) is 3. The van der Waals surface area contributed by atoms with Crippen LogP contribution in [0.15, 0.2) is 60.7 Å². The SMILES string of the molecule is CCNCc1ccc(NC(=C2C(=O)Nc3cc([N+](=O)[O-])ccc32)c2ccc3c(c2)OCCO3)cc1. The summed E-state index contributed by atoms with van der Waals surface area (Å²) in [6, 6.07) is 17.8. The Bertz CT molecular complexity index is 1330. The number of carbonyl (C=O) groups is 1.